The molecule has 0 radical (unpaired) electrons. The van der Waals surface area contributed by atoms with E-state index in [1.165, 1.54) is 12.1 Å². The number of carbonyl (C=O) groups excluding carboxylic acids is 1. The predicted molar refractivity (Wildman–Crippen MR) is 68.8 cm³/mol. The number of carbonyl (C=O) groups is 1. The van der Waals surface area contributed by atoms with E-state index in [1.54, 1.807) is 0 Å². The second-order valence-corrected chi connectivity index (χ2v) is 4.90. The Bertz CT molecular complexity index is 526. The van der Waals surface area contributed by atoms with E-state index >= 15 is 0 Å². The normalized spacial score (nSPS) is 16.5. The van der Waals surface area contributed by atoms with Crippen LogP contribution >= 0.6 is 0 Å². The second-order valence-electron chi connectivity index (χ2n) is 4.90. The fourth-order valence-electron chi connectivity index (χ4n) is 2.10. The molecule has 0 spiro atoms. The van der Waals surface area contributed by atoms with Gasteiger partial charge in [-0.25, -0.2) is 0 Å². The Kier molecular flexibility index (Phi) is 3.39. The minimum Gasteiger partial charge on any atom is -0.508 e. The molecule has 0 bridgehead atoms. The number of nitrogens with one attached hydrogen (secondary N) is 1. The van der Waals surface area contributed by atoms with Crippen molar-refractivity contribution in [2.24, 2.45) is 5.73 Å². The van der Waals surface area contributed by atoms with E-state index in [0.29, 0.717) is 0 Å². The molecular formula is C12H15N3O4. The van der Waals surface area contributed by atoms with Crippen molar-refractivity contribution in [3.05, 3.63) is 28.3 Å². The van der Waals surface area contributed by atoms with Crippen LogP contribution in [0.4, 0.5) is 11.4 Å². The fraction of sp³-hybridized carbons (Fsp3) is 0.417. The average molecular weight is 265 g/mol. The zero-order valence-corrected chi connectivity index (χ0v) is 10.3. The number of nitrogens with zero attached hydrogens (tertiary/aromatic N) is 1. The van der Waals surface area contributed by atoms with Gasteiger partial charge < -0.3 is 16.2 Å². The maximum Gasteiger partial charge on any atom is 0.296 e. The zero-order valence-electron chi connectivity index (χ0n) is 10.3. The number of nitro benzene ring substituents is 1. The molecule has 0 atom stereocenters. The number of nitrogens with two attached hydrogens (primary N) is 1. The van der Waals surface area contributed by atoms with Crippen LogP contribution in [0, 0.1) is 10.1 Å². The van der Waals surface area contributed by atoms with Crippen molar-refractivity contribution in [1.29, 1.82) is 0 Å². The Morgan fingerprint density at radius 2 is 2.21 bits per heavy atom. The van der Waals surface area contributed by atoms with E-state index in [2.05, 4.69) is 5.32 Å². The molecule has 1 aliphatic rings. The summed E-state index contributed by atoms with van der Waals surface area (Å²) in [6.07, 6.45) is 2.73. The molecule has 1 aromatic carbocycles. The van der Waals surface area contributed by atoms with Crippen molar-refractivity contribution < 1.29 is 14.8 Å². The molecular weight excluding hydrogens is 250 g/mol. The van der Waals surface area contributed by atoms with Crippen LogP contribution in [0.1, 0.15) is 25.7 Å². The number of anilines is 1. The van der Waals surface area contributed by atoms with Gasteiger partial charge in [-0.1, -0.05) is 0 Å². The molecule has 1 amide bonds. The monoisotopic (exact) mass is 265 g/mol. The van der Waals surface area contributed by atoms with Crippen LogP contribution in [-0.2, 0) is 4.79 Å². The van der Waals surface area contributed by atoms with Gasteiger partial charge in [0.05, 0.1) is 11.0 Å². The molecule has 7 nitrogen and oxygen atoms in total. The molecule has 7 heteroatoms. The SMILES string of the molecule is NC1(CC(=O)Nc2ccc(O)cc2[N+](=O)[O-])CCC1. The minimum absolute atomic E-state index is 0.0655. The highest BCUT2D eigenvalue weighted by Gasteiger charge is 2.35. The Labute approximate surface area is 109 Å². The standard InChI is InChI=1S/C12H15N3O4/c13-12(4-1-5-12)7-11(17)14-9-3-2-8(16)6-10(9)15(18)19/h2-3,6,16H,1,4-5,7,13H2,(H,14,17). The number of aromatic hydroxyl groups is 1. The van der Waals surface area contributed by atoms with Gasteiger partial charge in [0.2, 0.25) is 5.91 Å². The molecule has 0 heterocycles. The number of phenols is 1. The summed E-state index contributed by atoms with van der Waals surface area (Å²) in [6.45, 7) is 0. The first-order valence-electron chi connectivity index (χ1n) is 5.96. The Hall–Kier alpha value is -2.15. The van der Waals surface area contributed by atoms with Crippen LogP contribution in [-0.4, -0.2) is 21.5 Å². The summed E-state index contributed by atoms with van der Waals surface area (Å²) in [5, 5.41) is 22.5. The van der Waals surface area contributed by atoms with Gasteiger partial charge in [0.1, 0.15) is 11.4 Å². The average Bonchev–Trinajstić information content (AvgIpc) is 2.29. The maximum atomic E-state index is 11.8. The summed E-state index contributed by atoms with van der Waals surface area (Å²) < 4.78 is 0. The van der Waals surface area contributed by atoms with E-state index in [0.717, 1.165) is 25.3 Å². The topological polar surface area (TPSA) is 118 Å². The Morgan fingerprint density at radius 3 is 2.74 bits per heavy atom. The quantitative estimate of drug-likeness (QED) is 0.433. The number of nitro groups is 1. The lowest BCUT2D eigenvalue weighted by Crippen LogP contribution is -2.48. The van der Waals surface area contributed by atoms with Crippen LogP contribution < -0.4 is 11.1 Å². The largest absolute Gasteiger partial charge is 0.508 e. The Morgan fingerprint density at radius 1 is 1.53 bits per heavy atom. The van der Waals surface area contributed by atoms with E-state index in [4.69, 9.17) is 5.73 Å². The lowest BCUT2D eigenvalue weighted by atomic mass is 9.75. The highest BCUT2D eigenvalue weighted by atomic mass is 16.6. The Balaban J connectivity index is 2.10. The first-order valence-corrected chi connectivity index (χ1v) is 5.96. The number of amides is 1. The molecule has 1 saturated carbocycles. The molecule has 1 aliphatic carbocycles. The van der Waals surface area contributed by atoms with Gasteiger partial charge in [-0.05, 0) is 31.4 Å². The third-order valence-electron chi connectivity index (χ3n) is 3.31. The van der Waals surface area contributed by atoms with Gasteiger partial charge in [0.15, 0.2) is 0 Å². The van der Waals surface area contributed by atoms with Gasteiger partial charge in [0, 0.05) is 12.0 Å². The fourth-order valence-corrected chi connectivity index (χ4v) is 2.10. The number of hydrogen-bond acceptors (Lipinski definition) is 5. The van der Waals surface area contributed by atoms with Crippen molar-refractivity contribution >= 4 is 17.3 Å². The van der Waals surface area contributed by atoms with E-state index in [1.807, 2.05) is 0 Å². The van der Waals surface area contributed by atoms with E-state index in [9.17, 15) is 20.0 Å². The zero-order chi connectivity index (χ0) is 14.0. The van der Waals surface area contributed by atoms with Gasteiger partial charge >= 0.3 is 0 Å². The third-order valence-corrected chi connectivity index (χ3v) is 3.31. The van der Waals surface area contributed by atoms with Gasteiger partial charge in [0.25, 0.3) is 5.69 Å². The maximum absolute atomic E-state index is 11.8. The number of benzene rings is 1. The van der Waals surface area contributed by atoms with Crippen LogP contribution in [0.2, 0.25) is 0 Å². The van der Waals surface area contributed by atoms with Crippen LogP contribution in [0.25, 0.3) is 0 Å². The number of hydrogen-bond donors (Lipinski definition) is 3. The molecule has 0 unspecified atom stereocenters. The molecule has 4 N–H and O–H groups in total. The summed E-state index contributed by atoms with van der Waals surface area (Å²) >= 11 is 0. The van der Waals surface area contributed by atoms with Crippen molar-refractivity contribution in [2.75, 3.05) is 5.32 Å². The molecule has 0 aromatic heterocycles. The molecule has 102 valence electrons. The molecule has 19 heavy (non-hydrogen) atoms. The summed E-state index contributed by atoms with van der Waals surface area (Å²) in [5.41, 5.74) is 5.19. The molecule has 0 aliphatic heterocycles. The summed E-state index contributed by atoms with van der Waals surface area (Å²) in [5.74, 6) is -0.574. The van der Waals surface area contributed by atoms with Crippen LogP contribution in [0.3, 0.4) is 0 Å². The van der Waals surface area contributed by atoms with Crippen molar-refractivity contribution in [3.63, 3.8) is 0 Å². The molecule has 1 fully saturated rings. The summed E-state index contributed by atoms with van der Waals surface area (Å²) in [7, 11) is 0. The molecule has 2 rings (SSSR count). The predicted octanol–water partition coefficient (Wildman–Crippen LogP) is 1.51. The van der Waals surface area contributed by atoms with Crippen molar-refractivity contribution in [3.8, 4) is 5.75 Å². The lowest BCUT2D eigenvalue weighted by molar-refractivity contribution is -0.384. The summed E-state index contributed by atoms with van der Waals surface area (Å²) in [4.78, 5) is 22.0. The lowest BCUT2D eigenvalue weighted by Gasteiger charge is -2.37. The van der Waals surface area contributed by atoms with Gasteiger partial charge in [-0.3, -0.25) is 14.9 Å². The smallest absolute Gasteiger partial charge is 0.296 e. The second kappa shape index (κ2) is 4.85. The number of rotatable bonds is 4. The third kappa shape index (κ3) is 3.00. The first-order chi connectivity index (χ1) is 8.89. The molecule has 0 saturated heterocycles. The van der Waals surface area contributed by atoms with E-state index < -0.39 is 10.5 Å². The number of phenolic OH excluding ortho intramolecular Hbond substituents is 1. The summed E-state index contributed by atoms with van der Waals surface area (Å²) in [6, 6.07) is 3.58. The van der Waals surface area contributed by atoms with Crippen LogP contribution in [0.5, 0.6) is 5.75 Å². The van der Waals surface area contributed by atoms with Gasteiger partial charge in [-0.15, -0.1) is 0 Å². The van der Waals surface area contributed by atoms with Crippen LogP contribution in [0.15, 0.2) is 18.2 Å². The molecule has 1 aromatic rings. The highest BCUT2D eigenvalue weighted by Crippen LogP contribution is 2.33. The minimum atomic E-state index is -0.656. The van der Waals surface area contributed by atoms with Gasteiger partial charge in [-0.2, -0.15) is 0 Å². The van der Waals surface area contributed by atoms with Crippen molar-refractivity contribution in [2.45, 2.75) is 31.2 Å². The highest BCUT2D eigenvalue weighted by molar-refractivity contribution is 5.94. The first kappa shape index (κ1) is 13.3. The van der Waals surface area contributed by atoms with E-state index in [-0.39, 0.29) is 29.5 Å². The van der Waals surface area contributed by atoms with Crippen molar-refractivity contribution in [1.82, 2.24) is 0 Å².